The van der Waals surface area contributed by atoms with Crippen LogP contribution in [-0.2, 0) is 9.84 Å². The van der Waals surface area contributed by atoms with E-state index in [0.717, 1.165) is 6.42 Å². The molecule has 1 N–H and O–H groups in total. The number of aromatic hydroxyl groups is 1. The molecule has 0 bridgehead atoms. The summed E-state index contributed by atoms with van der Waals surface area (Å²) in [6.45, 7) is 1.91. The van der Waals surface area contributed by atoms with E-state index in [0.29, 0.717) is 22.9 Å². The van der Waals surface area contributed by atoms with E-state index in [9.17, 15) is 23.6 Å². The zero-order valence-electron chi connectivity index (χ0n) is 15.6. The van der Waals surface area contributed by atoms with E-state index < -0.39 is 14.8 Å². The summed E-state index contributed by atoms with van der Waals surface area (Å²) in [6.07, 6.45) is 1.26. The Balaban J connectivity index is 2.08. The lowest BCUT2D eigenvalue weighted by Gasteiger charge is -2.11. The Hall–Kier alpha value is -3.33. The van der Waals surface area contributed by atoms with Crippen LogP contribution < -0.4 is 0 Å². The Bertz CT molecular complexity index is 1190. The van der Waals surface area contributed by atoms with Gasteiger partial charge in [-0.15, -0.1) is 5.11 Å². The third-order valence-electron chi connectivity index (χ3n) is 4.39. The molecule has 3 aromatic carbocycles. The van der Waals surface area contributed by atoms with E-state index in [1.54, 1.807) is 24.3 Å². The van der Waals surface area contributed by atoms with Gasteiger partial charge in [-0.3, -0.25) is 10.1 Å². The number of phenolic OH excluding ortho intramolecular Hbond substituents is 1. The Kier molecular flexibility index (Phi) is 5.88. The van der Waals surface area contributed by atoms with Crippen molar-refractivity contribution in [3.05, 3.63) is 64.7 Å². The minimum atomic E-state index is -3.57. The molecule has 0 spiro atoms. The maximum Gasteiger partial charge on any atom is 0.269 e. The summed E-state index contributed by atoms with van der Waals surface area (Å²) >= 11 is 0. The van der Waals surface area contributed by atoms with Crippen LogP contribution in [0.1, 0.15) is 19.8 Å². The fraction of sp³-hybridized carbons (Fsp3) is 0.200. The molecular formula is C20H19N3O5S. The Morgan fingerprint density at radius 3 is 2.31 bits per heavy atom. The molecule has 0 aliphatic heterocycles. The molecule has 0 amide bonds. The average Bonchev–Trinajstić information content (AvgIpc) is 2.72. The molecule has 0 aliphatic rings. The molecule has 0 saturated carbocycles. The largest absolute Gasteiger partial charge is 0.505 e. The van der Waals surface area contributed by atoms with E-state index in [2.05, 4.69) is 10.2 Å². The number of nitro groups is 1. The van der Waals surface area contributed by atoms with E-state index in [-0.39, 0.29) is 27.8 Å². The normalized spacial score (nSPS) is 11.9. The van der Waals surface area contributed by atoms with Gasteiger partial charge in [0.2, 0.25) is 0 Å². The Labute approximate surface area is 167 Å². The molecule has 0 radical (unpaired) electrons. The fourth-order valence-electron chi connectivity index (χ4n) is 2.84. The van der Waals surface area contributed by atoms with Crippen LogP contribution in [0.3, 0.4) is 0 Å². The molecule has 0 aliphatic carbocycles. The first-order valence-electron chi connectivity index (χ1n) is 8.97. The van der Waals surface area contributed by atoms with Crippen molar-refractivity contribution in [2.75, 3.05) is 5.75 Å². The third kappa shape index (κ3) is 4.40. The van der Waals surface area contributed by atoms with Crippen LogP contribution in [0.4, 0.5) is 17.1 Å². The summed E-state index contributed by atoms with van der Waals surface area (Å²) in [4.78, 5) is 10.3. The van der Waals surface area contributed by atoms with Gasteiger partial charge in [0.05, 0.1) is 21.3 Å². The molecule has 3 aromatic rings. The van der Waals surface area contributed by atoms with Gasteiger partial charge in [-0.1, -0.05) is 37.6 Å². The molecule has 0 aromatic heterocycles. The minimum absolute atomic E-state index is 0.00277. The zero-order valence-corrected chi connectivity index (χ0v) is 16.5. The number of sulfone groups is 1. The number of hydrogen-bond acceptors (Lipinski definition) is 7. The van der Waals surface area contributed by atoms with Crippen LogP contribution in [0, 0.1) is 10.1 Å². The monoisotopic (exact) mass is 413 g/mol. The van der Waals surface area contributed by atoms with Gasteiger partial charge in [-0.25, -0.2) is 8.42 Å². The van der Waals surface area contributed by atoms with Crippen LogP contribution in [0.5, 0.6) is 5.75 Å². The van der Waals surface area contributed by atoms with Crippen molar-refractivity contribution < 1.29 is 18.4 Å². The fourth-order valence-corrected chi connectivity index (χ4v) is 4.54. The first-order valence-corrected chi connectivity index (χ1v) is 10.6. The lowest BCUT2D eigenvalue weighted by molar-refractivity contribution is -0.384. The first kappa shape index (κ1) is 20.4. The SMILES string of the molecule is CCCCS(=O)(=O)c1cc(N=Nc2ccc([N+](=O)[O-])cc2)c(O)c2ccccc12. The standard InChI is InChI=1S/C20H19N3O5S/c1-2-3-12-29(27,28)19-13-18(20(24)17-7-5-4-6-16(17)19)22-21-14-8-10-15(11-9-14)23(25)26/h4-11,13,24H,2-3,12H2,1H3. The maximum absolute atomic E-state index is 12.8. The lowest BCUT2D eigenvalue weighted by Crippen LogP contribution is -2.07. The van der Waals surface area contributed by atoms with E-state index in [4.69, 9.17) is 0 Å². The number of azo groups is 1. The summed E-state index contributed by atoms with van der Waals surface area (Å²) in [5, 5.41) is 30.1. The number of nitro benzene ring substituents is 1. The number of benzene rings is 3. The minimum Gasteiger partial charge on any atom is -0.505 e. The number of rotatable bonds is 7. The van der Waals surface area contributed by atoms with Gasteiger partial charge in [-0.2, -0.15) is 5.11 Å². The number of non-ortho nitro benzene ring substituents is 1. The molecule has 0 atom stereocenters. The molecule has 29 heavy (non-hydrogen) atoms. The second kappa shape index (κ2) is 8.36. The second-order valence-electron chi connectivity index (χ2n) is 6.43. The van der Waals surface area contributed by atoms with Crippen LogP contribution in [0.2, 0.25) is 0 Å². The van der Waals surface area contributed by atoms with E-state index in [1.165, 1.54) is 30.3 Å². The highest BCUT2D eigenvalue weighted by atomic mass is 32.2. The summed E-state index contributed by atoms with van der Waals surface area (Å²) < 4.78 is 25.7. The first-order chi connectivity index (χ1) is 13.8. The van der Waals surface area contributed by atoms with Crippen LogP contribution in [-0.4, -0.2) is 24.2 Å². The van der Waals surface area contributed by atoms with Crippen LogP contribution >= 0.6 is 0 Å². The number of unbranched alkanes of at least 4 members (excludes halogenated alkanes) is 1. The average molecular weight is 413 g/mol. The van der Waals surface area contributed by atoms with Crippen molar-refractivity contribution >= 4 is 37.7 Å². The van der Waals surface area contributed by atoms with Gasteiger partial charge in [0.25, 0.3) is 5.69 Å². The highest BCUT2D eigenvalue weighted by Gasteiger charge is 2.21. The number of fused-ring (bicyclic) bond motifs is 1. The van der Waals surface area contributed by atoms with Gasteiger partial charge in [0.1, 0.15) is 5.69 Å². The van der Waals surface area contributed by atoms with Crippen molar-refractivity contribution in [2.24, 2.45) is 10.2 Å². The topological polar surface area (TPSA) is 122 Å². The van der Waals surface area contributed by atoms with Crippen molar-refractivity contribution in [1.29, 1.82) is 0 Å². The Morgan fingerprint density at radius 2 is 1.69 bits per heavy atom. The molecule has 0 fully saturated rings. The molecular weight excluding hydrogens is 394 g/mol. The van der Waals surface area contributed by atoms with Gasteiger partial charge >= 0.3 is 0 Å². The molecule has 0 heterocycles. The highest BCUT2D eigenvalue weighted by Crippen LogP contribution is 2.40. The van der Waals surface area contributed by atoms with E-state index >= 15 is 0 Å². The molecule has 9 heteroatoms. The van der Waals surface area contributed by atoms with Gasteiger partial charge in [-0.05, 0) is 24.6 Å². The lowest BCUT2D eigenvalue weighted by atomic mass is 10.1. The van der Waals surface area contributed by atoms with Gasteiger partial charge in [0, 0.05) is 22.9 Å². The number of phenols is 1. The van der Waals surface area contributed by atoms with Crippen molar-refractivity contribution in [3.63, 3.8) is 0 Å². The van der Waals surface area contributed by atoms with Crippen molar-refractivity contribution in [1.82, 2.24) is 0 Å². The summed E-state index contributed by atoms with van der Waals surface area (Å²) in [7, 11) is -3.57. The summed E-state index contributed by atoms with van der Waals surface area (Å²) in [6, 6.07) is 13.4. The zero-order chi connectivity index (χ0) is 21.0. The summed E-state index contributed by atoms with van der Waals surface area (Å²) in [5.41, 5.74) is 0.262. The van der Waals surface area contributed by atoms with Crippen molar-refractivity contribution in [3.8, 4) is 5.75 Å². The molecule has 0 unspecified atom stereocenters. The Morgan fingerprint density at radius 1 is 1.03 bits per heavy atom. The van der Waals surface area contributed by atoms with Gasteiger partial charge in [0.15, 0.2) is 15.6 Å². The number of nitrogens with zero attached hydrogens (tertiary/aromatic N) is 3. The molecule has 0 saturated heterocycles. The summed E-state index contributed by atoms with van der Waals surface area (Å²) in [5.74, 6) is -0.183. The molecule has 150 valence electrons. The molecule has 3 rings (SSSR count). The predicted octanol–water partition coefficient (Wildman–Crippen LogP) is 5.44. The quantitative estimate of drug-likeness (QED) is 0.314. The van der Waals surface area contributed by atoms with Crippen LogP contribution in [0.15, 0.2) is 69.7 Å². The van der Waals surface area contributed by atoms with Gasteiger partial charge < -0.3 is 5.11 Å². The molecule has 8 nitrogen and oxygen atoms in total. The predicted molar refractivity (Wildman–Crippen MR) is 110 cm³/mol. The highest BCUT2D eigenvalue weighted by molar-refractivity contribution is 7.91. The number of hydrogen-bond donors (Lipinski definition) is 1. The van der Waals surface area contributed by atoms with Crippen LogP contribution in [0.25, 0.3) is 10.8 Å². The van der Waals surface area contributed by atoms with Crippen molar-refractivity contribution in [2.45, 2.75) is 24.7 Å². The van der Waals surface area contributed by atoms with E-state index in [1.807, 2.05) is 6.92 Å². The second-order valence-corrected chi connectivity index (χ2v) is 8.51. The smallest absolute Gasteiger partial charge is 0.269 e. The third-order valence-corrected chi connectivity index (χ3v) is 6.23. The maximum atomic E-state index is 12.8.